The minimum atomic E-state index is -0.126. The highest BCUT2D eigenvalue weighted by Crippen LogP contribution is 2.21. The van der Waals surface area contributed by atoms with Crippen LogP contribution in [0.15, 0.2) is 24.4 Å². The van der Waals surface area contributed by atoms with Crippen molar-refractivity contribution in [1.82, 2.24) is 9.97 Å². The molecule has 1 aliphatic carbocycles. The molecule has 4 heteroatoms. The third-order valence-electron chi connectivity index (χ3n) is 3.77. The topological polar surface area (TPSA) is 58.0 Å². The van der Waals surface area contributed by atoms with E-state index in [4.69, 9.17) is 0 Å². The zero-order valence-electron chi connectivity index (χ0n) is 11.1. The summed E-state index contributed by atoms with van der Waals surface area (Å²) in [6.45, 7) is 2.07. The van der Waals surface area contributed by atoms with Crippen molar-refractivity contribution >= 4 is 16.9 Å². The van der Waals surface area contributed by atoms with Gasteiger partial charge in [-0.2, -0.15) is 0 Å². The highest BCUT2D eigenvalue weighted by molar-refractivity contribution is 5.79. The van der Waals surface area contributed by atoms with Crippen LogP contribution in [0.5, 0.6) is 0 Å². The summed E-state index contributed by atoms with van der Waals surface area (Å²) in [4.78, 5) is 8.92. The van der Waals surface area contributed by atoms with Gasteiger partial charge in [-0.05, 0) is 44.7 Å². The summed E-state index contributed by atoms with van der Waals surface area (Å²) in [5.41, 5.74) is 2.19. The number of aliphatic hydroxyl groups excluding tert-OH is 1. The van der Waals surface area contributed by atoms with Gasteiger partial charge in [0.05, 0.1) is 11.6 Å². The molecule has 2 aromatic rings. The van der Waals surface area contributed by atoms with E-state index in [1.54, 1.807) is 0 Å². The second-order valence-electron chi connectivity index (χ2n) is 5.41. The predicted molar refractivity (Wildman–Crippen MR) is 76.2 cm³/mol. The van der Waals surface area contributed by atoms with Gasteiger partial charge in [0.15, 0.2) is 0 Å². The largest absolute Gasteiger partial charge is 0.393 e. The Bertz CT molecular complexity index is 577. The van der Waals surface area contributed by atoms with E-state index in [1.165, 1.54) is 5.56 Å². The van der Waals surface area contributed by atoms with Crippen LogP contribution in [-0.4, -0.2) is 27.2 Å². The third kappa shape index (κ3) is 2.84. The number of anilines is 1. The molecular weight excluding hydrogens is 238 g/mol. The molecular formula is C15H19N3O. The van der Waals surface area contributed by atoms with Crippen molar-refractivity contribution in [1.29, 1.82) is 0 Å². The van der Waals surface area contributed by atoms with Crippen molar-refractivity contribution in [3.05, 3.63) is 30.0 Å². The summed E-state index contributed by atoms with van der Waals surface area (Å²) in [5, 5.41) is 13.9. The number of nitrogens with one attached hydrogen (secondary N) is 1. The number of hydrogen-bond acceptors (Lipinski definition) is 4. The van der Waals surface area contributed by atoms with Crippen LogP contribution >= 0.6 is 0 Å². The average Bonchev–Trinajstić information content (AvgIpc) is 2.42. The molecule has 1 fully saturated rings. The monoisotopic (exact) mass is 257 g/mol. The van der Waals surface area contributed by atoms with Crippen molar-refractivity contribution in [2.75, 3.05) is 5.32 Å². The lowest BCUT2D eigenvalue weighted by molar-refractivity contribution is 0.126. The molecule has 19 heavy (non-hydrogen) atoms. The van der Waals surface area contributed by atoms with Crippen LogP contribution in [0.4, 0.5) is 5.95 Å². The van der Waals surface area contributed by atoms with E-state index in [2.05, 4.69) is 34.3 Å². The van der Waals surface area contributed by atoms with E-state index >= 15 is 0 Å². The number of nitrogens with zero attached hydrogens (tertiary/aromatic N) is 2. The summed E-state index contributed by atoms with van der Waals surface area (Å²) in [5.74, 6) is 0.692. The van der Waals surface area contributed by atoms with Crippen LogP contribution in [0, 0.1) is 6.92 Å². The molecule has 100 valence electrons. The Morgan fingerprint density at radius 3 is 2.79 bits per heavy atom. The molecule has 0 saturated heterocycles. The molecule has 0 radical (unpaired) electrons. The highest BCUT2D eigenvalue weighted by atomic mass is 16.3. The van der Waals surface area contributed by atoms with Crippen molar-refractivity contribution in [2.24, 2.45) is 0 Å². The number of fused-ring (bicyclic) bond motifs is 1. The van der Waals surface area contributed by atoms with Crippen LogP contribution in [0.25, 0.3) is 10.9 Å². The van der Waals surface area contributed by atoms with Crippen molar-refractivity contribution in [3.63, 3.8) is 0 Å². The Morgan fingerprint density at radius 1 is 1.21 bits per heavy atom. The molecule has 0 aliphatic heterocycles. The Labute approximate surface area is 112 Å². The third-order valence-corrected chi connectivity index (χ3v) is 3.77. The summed E-state index contributed by atoms with van der Waals surface area (Å²) in [6.07, 6.45) is 5.44. The molecule has 0 bridgehead atoms. The van der Waals surface area contributed by atoms with E-state index in [9.17, 15) is 5.11 Å². The van der Waals surface area contributed by atoms with E-state index in [1.807, 2.05) is 12.3 Å². The fraction of sp³-hybridized carbons (Fsp3) is 0.467. The first-order valence-corrected chi connectivity index (χ1v) is 6.89. The Hall–Kier alpha value is -1.68. The molecule has 1 aliphatic rings. The molecule has 3 rings (SSSR count). The van der Waals surface area contributed by atoms with Crippen LogP contribution in [-0.2, 0) is 0 Å². The normalized spacial score (nSPS) is 23.5. The minimum Gasteiger partial charge on any atom is -0.393 e. The van der Waals surface area contributed by atoms with Gasteiger partial charge >= 0.3 is 0 Å². The zero-order valence-corrected chi connectivity index (χ0v) is 11.1. The smallest absolute Gasteiger partial charge is 0.223 e. The Kier molecular flexibility index (Phi) is 3.34. The SMILES string of the molecule is Cc1ccc2nc(NC3CCC(O)CC3)ncc2c1. The number of aliphatic hydroxyl groups is 1. The van der Waals surface area contributed by atoms with E-state index in [0.717, 1.165) is 36.6 Å². The molecule has 0 atom stereocenters. The molecule has 1 saturated carbocycles. The zero-order chi connectivity index (χ0) is 13.2. The quantitative estimate of drug-likeness (QED) is 0.868. The first kappa shape index (κ1) is 12.4. The summed E-state index contributed by atoms with van der Waals surface area (Å²) in [6, 6.07) is 6.57. The second kappa shape index (κ2) is 5.13. The predicted octanol–water partition coefficient (Wildman–Crippen LogP) is 2.65. The number of benzene rings is 1. The lowest BCUT2D eigenvalue weighted by Crippen LogP contribution is -2.28. The van der Waals surface area contributed by atoms with Crippen LogP contribution in [0.3, 0.4) is 0 Å². The van der Waals surface area contributed by atoms with E-state index in [0.29, 0.717) is 12.0 Å². The molecule has 2 N–H and O–H groups in total. The number of rotatable bonds is 2. The molecule has 0 unspecified atom stereocenters. The minimum absolute atomic E-state index is 0.126. The fourth-order valence-electron chi connectivity index (χ4n) is 2.63. The van der Waals surface area contributed by atoms with Gasteiger partial charge in [-0.3, -0.25) is 0 Å². The van der Waals surface area contributed by atoms with Gasteiger partial charge in [0, 0.05) is 17.6 Å². The molecule has 1 heterocycles. The number of aromatic nitrogens is 2. The number of hydrogen-bond donors (Lipinski definition) is 2. The maximum Gasteiger partial charge on any atom is 0.223 e. The van der Waals surface area contributed by atoms with Crippen molar-refractivity contribution in [2.45, 2.75) is 44.8 Å². The molecule has 0 spiro atoms. The summed E-state index contributed by atoms with van der Waals surface area (Å²) >= 11 is 0. The van der Waals surface area contributed by atoms with E-state index in [-0.39, 0.29) is 6.10 Å². The van der Waals surface area contributed by atoms with Gasteiger partial charge in [0.25, 0.3) is 0 Å². The summed E-state index contributed by atoms with van der Waals surface area (Å²) < 4.78 is 0. The van der Waals surface area contributed by atoms with Gasteiger partial charge in [-0.1, -0.05) is 11.6 Å². The van der Waals surface area contributed by atoms with Crippen molar-refractivity contribution in [3.8, 4) is 0 Å². The van der Waals surface area contributed by atoms with Crippen LogP contribution in [0.1, 0.15) is 31.2 Å². The highest BCUT2D eigenvalue weighted by Gasteiger charge is 2.19. The van der Waals surface area contributed by atoms with Gasteiger partial charge in [0.2, 0.25) is 5.95 Å². The fourth-order valence-corrected chi connectivity index (χ4v) is 2.63. The first-order valence-electron chi connectivity index (χ1n) is 6.89. The molecule has 1 aromatic heterocycles. The Morgan fingerprint density at radius 2 is 2.00 bits per heavy atom. The van der Waals surface area contributed by atoms with Gasteiger partial charge in [-0.25, -0.2) is 9.97 Å². The summed E-state index contributed by atoms with van der Waals surface area (Å²) in [7, 11) is 0. The first-order chi connectivity index (χ1) is 9.20. The molecule has 1 aromatic carbocycles. The Balaban J connectivity index is 1.76. The van der Waals surface area contributed by atoms with Crippen LogP contribution < -0.4 is 5.32 Å². The standard InChI is InChI=1S/C15H19N3O/c1-10-2-7-14-11(8-10)9-16-15(18-14)17-12-3-5-13(19)6-4-12/h2,7-9,12-13,19H,3-6H2,1H3,(H,16,17,18). The maximum atomic E-state index is 9.50. The lowest BCUT2D eigenvalue weighted by atomic mass is 9.93. The maximum absolute atomic E-state index is 9.50. The van der Waals surface area contributed by atoms with E-state index < -0.39 is 0 Å². The second-order valence-corrected chi connectivity index (χ2v) is 5.41. The number of aryl methyl sites for hydroxylation is 1. The van der Waals surface area contributed by atoms with Gasteiger partial charge in [-0.15, -0.1) is 0 Å². The van der Waals surface area contributed by atoms with Gasteiger partial charge < -0.3 is 10.4 Å². The van der Waals surface area contributed by atoms with Crippen LogP contribution in [0.2, 0.25) is 0 Å². The lowest BCUT2D eigenvalue weighted by Gasteiger charge is -2.26. The molecule has 0 amide bonds. The average molecular weight is 257 g/mol. The molecule has 4 nitrogen and oxygen atoms in total. The van der Waals surface area contributed by atoms with Crippen molar-refractivity contribution < 1.29 is 5.11 Å². The van der Waals surface area contributed by atoms with Gasteiger partial charge in [0.1, 0.15) is 0 Å².